The SMILES string of the molecule is CC#CCCN1CC(c2ccccc2)NCC1CC. The molecule has 0 amide bonds. The highest BCUT2D eigenvalue weighted by molar-refractivity contribution is 5.20. The lowest BCUT2D eigenvalue weighted by Crippen LogP contribution is -2.52. The summed E-state index contributed by atoms with van der Waals surface area (Å²) < 4.78 is 0. The molecule has 1 aromatic carbocycles. The third-order valence-electron chi connectivity index (χ3n) is 3.91. The molecule has 1 fully saturated rings. The highest BCUT2D eigenvalue weighted by atomic mass is 15.2. The van der Waals surface area contributed by atoms with Gasteiger partial charge in [-0.05, 0) is 18.9 Å². The molecule has 0 bridgehead atoms. The van der Waals surface area contributed by atoms with Gasteiger partial charge in [0.05, 0.1) is 0 Å². The molecule has 0 radical (unpaired) electrons. The number of hydrogen-bond acceptors (Lipinski definition) is 2. The Balaban J connectivity index is 2.00. The van der Waals surface area contributed by atoms with Crippen molar-refractivity contribution in [2.75, 3.05) is 19.6 Å². The van der Waals surface area contributed by atoms with Crippen LogP contribution < -0.4 is 5.32 Å². The topological polar surface area (TPSA) is 15.3 Å². The molecule has 1 aliphatic rings. The molecule has 19 heavy (non-hydrogen) atoms. The molecule has 2 atom stereocenters. The van der Waals surface area contributed by atoms with E-state index >= 15 is 0 Å². The van der Waals surface area contributed by atoms with Gasteiger partial charge in [-0.25, -0.2) is 0 Å². The van der Waals surface area contributed by atoms with Gasteiger partial charge >= 0.3 is 0 Å². The molecule has 0 saturated carbocycles. The van der Waals surface area contributed by atoms with Crippen LogP contribution in [0.5, 0.6) is 0 Å². The maximum absolute atomic E-state index is 3.68. The summed E-state index contributed by atoms with van der Waals surface area (Å²) in [6.45, 7) is 7.45. The molecule has 0 aliphatic carbocycles. The second-order valence-corrected chi connectivity index (χ2v) is 5.11. The van der Waals surface area contributed by atoms with E-state index in [1.54, 1.807) is 0 Å². The Labute approximate surface area is 117 Å². The van der Waals surface area contributed by atoms with E-state index < -0.39 is 0 Å². The van der Waals surface area contributed by atoms with Crippen molar-refractivity contribution in [2.45, 2.75) is 38.8 Å². The van der Waals surface area contributed by atoms with E-state index in [9.17, 15) is 0 Å². The minimum absolute atomic E-state index is 0.457. The lowest BCUT2D eigenvalue weighted by atomic mass is 10.0. The van der Waals surface area contributed by atoms with Crippen molar-refractivity contribution in [1.82, 2.24) is 10.2 Å². The van der Waals surface area contributed by atoms with Gasteiger partial charge < -0.3 is 5.32 Å². The van der Waals surface area contributed by atoms with Crippen LogP contribution >= 0.6 is 0 Å². The van der Waals surface area contributed by atoms with Crippen molar-refractivity contribution in [1.29, 1.82) is 0 Å². The number of piperazine rings is 1. The number of nitrogens with one attached hydrogen (secondary N) is 1. The summed E-state index contributed by atoms with van der Waals surface area (Å²) in [6, 6.07) is 11.9. The van der Waals surface area contributed by atoms with Gasteiger partial charge in [0, 0.05) is 38.1 Å². The minimum Gasteiger partial charge on any atom is -0.307 e. The third-order valence-corrected chi connectivity index (χ3v) is 3.91. The fraction of sp³-hybridized carbons (Fsp3) is 0.529. The van der Waals surface area contributed by atoms with E-state index in [4.69, 9.17) is 0 Å². The molecule has 0 aromatic heterocycles. The second kappa shape index (κ2) is 7.33. The van der Waals surface area contributed by atoms with Crippen molar-refractivity contribution in [2.24, 2.45) is 0 Å². The Hall–Kier alpha value is -1.30. The molecule has 2 heteroatoms. The molecule has 2 unspecified atom stereocenters. The number of hydrogen-bond donors (Lipinski definition) is 1. The fourth-order valence-electron chi connectivity index (χ4n) is 2.77. The fourth-order valence-corrected chi connectivity index (χ4v) is 2.77. The quantitative estimate of drug-likeness (QED) is 0.833. The first-order chi connectivity index (χ1) is 9.35. The summed E-state index contributed by atoms with van der Waals surface area (Å²) in [4.78, 5) is 2.60. The van der Waals surface area contributed by atoms with Crippen LogP contribution in [0.25, 0.3) is 0 Å². The molecular weight excluding hydrogens is 232 g/mol. The van der Waals surface area contributed by atoms with E-state index in [2.05, 4.69) is 59.3 Å². The van der Waals surface area contributed by atoms with Gasteiger partial charge in [0.1, 0.15) is 0 Å². The molecule has 1 N–H and O–H groups in total. The van der Waals surface area contributed by atoms with Crippen molar-refractivity contribution in [3.63, 3.8) is 0 Å². The summed E-state index contributed by atoms with van der Waals surface area (Å²) in [7, 11) is 0. The summed E-state index contributed by atoms with van der Waals surface area (Å²) in [6.07, 6.45) is 2.18. The lowest BCUT2D eigenvalue weighted by molar-refractivity contribution is 0.129. The number of rotatable bonds is 4. The minimum atomic E-state index is 0.457. The van der Waals surface area contributed by atoms with Crippen LogP contribution in [0, 0.1) is 11.8 Å². The predicted octanol–water partition coefficient (Wildman–Crippen LogP) is 2.82. The molecule has 1 aliphatic heterocycles. The molecule has 1 saturated heterocycles. The average molecular weight is 256 g/mol. The Bertz CT molecular complexity index is 430. The van der Waals surface area contributed by atoms with Crippen molar-refractivity contribution in [3.8, 4) is 11.8 Å². The Kier molecular flexibility index (Phi) is 5.44. The maximum Gasteiger partial charge on any atom is 0.0449 e. The zero-order chi connectivity index (χ0) is 13.5. The summed E-state index contributed by atoms with van der Waals surface area (Å²) in [5.41, 5.74) is 1.39. The van der Waals surface area contributed by atoms with Crippen molar-refractivity contribution < 1.29 is 0 Å². The first kappa shape index (κ1) is 14.1. The van der Waals surface area contributed by atoms with Gasteiger partial charge in [-0.3, -0.25) is 4.90 Å². The summed E-state index contributed by atoms with van der Waals surface area (Å²) in [5, 5.41) is 3.68. The predicted molar refractivity (Wildman–Crippen MR) is 80.9 cm³/mol. The molecular formula is C17H24N2. The Morgan fingerprint density at radius 2 is 2.11 bits per heavy atom. The molecule has 2 nitrogen and oxygen atoms in total. The van der Waals surface area contributed by atoms with Crippen molar-refractivity contribution in [3.05, 3.63) is 35.9 Å². The molecule has 0 spiro atoms. The molecule has 1 heterocycles. The zero-order valence-corrected chi connectivity index (χ0v) is 12.0. The van der Waals surface area contributed by atoms with E-state index in [0.29, 0.717) is 12.1 Å². The Morgan fingerprint density at radius 3 is 2.79 bits per heavy atom. The van der Waals surface area contributed by atoms with E-state index in [1.807, 2.05) is 6.92 Å². The first-order valence-electron chi connectivity index (χ1n) is 7.27. The van der Waals surface area contributed by atoms with Crippen LogP contribution in [0.2, 0.25) is 0 Å². The number of benzene rings is 1. The van der Waals surface area contributed by atoms with E-state index in [0.717, 1.165) is 26.1 Å². The molecule has 2 rings (SSSR count). The molecule has 102 valence electrons. The van der Waals surface area contributed by atoms with Gasteiger partial charge in [-0.2, -0.15) is 0 Å². The third kappa shape index (κ3) is 3.83. The highest BCUT2D eigenvalue weighted by Gasteiger charge is 2.26. The van der Waals surface area contributed by atoms with Crippen LogP contribution in [-0.2, 0) is 0 Å². The van der Waals surface area contributed by atoms with Crippen LogP contribution in [0.15, 0.2) is 30.3 Å². The molecule has 1 aromatic rings. The van der Waals surface area contributed by atoms with E-state index in [-0.39, 0.29) is 0 Å². The van der Waals surface area contributed by atoms with Crippen LogP contribution in [0.1, 0.15) is 38.3 Å². The largest absolute Gasteiger partial charge is 0.307 e. The standard InChI is InChI=1S/C17H24N2/c1-3-5-9-12-19-14-17(18-13-16(19)4-2)15-10-7-6-8-11-15/h6-8,10-11,16-18H,4,9,12-14H2,1-2H3. The maximum atomic E-state index is 3.68. The number of nitrogens with zero attached hydrogens (tertiary/aromatic N) is 1. The van der Waals surface area contributed by atoms with Gasteiger partial charge in [0.15, 0.2) is 0 Å². The monoisotopic (exact) mass is 256 g/mol. The van der Waals surface area contributed by atoms with Gasteiger partial charge in [-0.1, -0.05) is 37.3 Å². The van der Waals surface area contributed by atoms with Crippen LogP contribution in [0.3, 0.4) is 0 Å². The smallest absolute Gasteiger partial charge is 0.0449 e. The first-order valence-corrected chi connectivity index (χ1v) is 7.27. The van der Waals surface area contributed by atoms with E-state index in [1.165, 1.54) is 12.0 Å². The lowest BCUT2D eigenvalue weighted by Gasteiger charge is -2.40. The average Bonchev–Trinajstić information content (AvgIpc) is 2.48. The summed E-state index contributed by atoms with van der Waals surface area (Å²) in [5.74, 6) is 6.17. The van der Waals surface area contributed by atoms with Gasteiger partial charge in [-0.15, -0.1) is 11.8 Å². The highest BCUT2D eigenvalue weighted by Crippen LogP contribution is 2.21. The summed E-state index contributed by atoms with van der Waals surface area (Å²) >= 11 is 0. The van der Waals surface area contributed by atoms with Crippen molar-refractivity contribution >= 4 is 0 Å². The van der Waals surface area contributed by atoms with Crippen LogP contribution in [0.4, 0.5) is 0 Å². The van der Waals surface area contributed by atoms with Gasteiger partial charge in [0.2, 0.25) is 0 Å². The zero-order valence-electron chi connectivity index (χ0n) is 12.0. The Morgan fingerprint density at radius 1 is 1.32 bits per heavy atom. The normalized spacial score (nSPS) is 23.7. The van der Waals surface area contributed by atoms with Gasteiger partial charge in [0.25, 0.3) is 0 Å². The second-order valence-electron chi connectivity index (χ2n) is 5.11. The van der Waals surface area contributed by atoms with Crippen LogP contribution in [-0.4, -0.2) is 30.6 Å².